The molecule has 3 rings (SSSR count). The number of anilines is 1. The monoisotopic (exact) mass is 307 g/mol. The van der Waals surface area contributed by atoms with Gasteiger partial charge in [0, 0.05) is 16.3 Å². The van der Waals surface area contributed by atoms with E-state index in [1.54, 1.807) is 29.2 Å². The van der Waals surface area contributed by atoms with Crippen LogP contribution < -0.4 is 10.6 Å². The van der Waals surface area contributed by atoms with Crippen LogP contribution in [0.5, 0.6) is 0 Å². The molecule has 0 fully saturated rings. The second kappa shape index (κ2) is 5.33. The molecule has 0 radical (unpaired) electrons. The molecule has 0 saturated carbocycles. The van der Waals surface area contributed by atoms with Crippen molar-refractivity contribution in [3.05, 3.63) is 64.7 Å². The number of rotatable bonds is 2. The third-order valence-electron chi connectivity index (χ3n) is 3.41. The fourth-order valence-electron chi connectivity index (χ4n) is 2.42. The molecule has 1 atom stereocenters. The van der Waals surface area contributed by atoms with Gasteiger partial charge in [0.05, 0.1) is 12.6 Å². The SMILES string of the molecule is NC1=NCC(c2ccc(Cl)cc2F)N1c1ccc(F)cc1. The minimum atomic E-state index is -0.412. The van der Waals surface area contributed by atoms with Crippen LogP contribution in [-0.2, 0) is 0 Å². The van der Waals surface area contributed by atoms with Gasteiger partial charge in [-0.1, -0.05) is 17.7 Å². The van der Waals surface area contributed by atoms with Crippen molar-refractivity contribution in [1.29, 1.82) is 0 Å². The van der Waals surface area contributed by atoms with E-state index in [0.717, 1.165) is 0 Å². The highest BCUT2D eigenvalue weighted by Gasteiger charge is 2.30. The number of halogens is 3. The van der Waals surface area contributed by atoms with Gasteiger partial charge in [-0.3, -0.25) is 4.99 Å². The van der Waals surface area contributed by atoms with Gasteiger partial charge >= 0.3 is 0 Å². The Morgan fingerprint density at radius 2 is 1.86 bits per heavy atom. The third-order valence-corrected chi connectivity index (χ3v) is 3.65. The summed E-state index contributed by atoms with van der Waals surface area (Å²) in [6, 6.07) is 9.96. The Morgan fingerprint density at radius 1 is 1.14 bits per heavy atom. The van der Waals surface area contributed by atoms with Crippen LogP contribution in [0.15, 0.2) is 47.5 Å². The largest absolute Gasteiger partial charge is 0.369 e. The van der Waals surface area contributed by atoms with Gasteiger partial charge in [0.2, 0.25) is 0 Å². The van der Waals surface area contributed by atoms with Gasteiger partial charge in [-0.05, 0) is 36.4 Å². The van der Waals surface area contributed by atoms with Gasteiger partial charge in [0.15, 0.2) is 5.96 Å². The van der Waals surface area contributed by atoms with E-state index in [1.165, 1.54) is 18.2 Å². The molecule has 0 saturated heterocycles. The van der Waals surface area contributed by atoms with Crippen LogP contribution in [0.2, 0.25) is 5.02 Å². The smallest absolute Gasteiger partial charge is 0.196 e. The molecular formula is C15H12ClF2N3. The zero-order chi connectivity index (χ0) is 15.0. The Labute approximate surface area is 125 Å². The quantitative estimate of drug-likeness (QED) is 0.922. The Kier molecular flexibility index (Phi) is 3.51. The van der Waals surface area contributed by atoms with Crippen molar-refractivity contribution >= 4 is 23.2 Å². The number of hydrogen-bond acceptors (Lipinski definition) is 3. The van der Waals surface area contributed by atoms with Crippen LogP contribution in [-0.4, -0.2) is 12.5 Å². The van der Waals surface area contributed by atoms with E-state index in [9.17, 15) is 8.78 Å². The van der Waals surface area contributed by atoms with Crippen LogP contribution in [0.25, 0.3) is 0 Å². The molecule has 1 unspecified atom stereocenters. The first-order chi connectivity index (χ1) is 10.1. The molecule has 1 aliphatic heterocycles. The molecule has 0 aliphatic carbocycles. The first-order valence-electron chi connectivity index (χ1n) is 6.36. The summed E-state index contributed by atoms with van der Waals surface area (Å²) in [6.07, 6.45) is 0. The molecule has 2 aromatic carbocycles. The minimum Gasteiger partial charge on any atom is -0.369 e. The lowest BCUT2D eigenvalue weighted by Crippen LogP contribution is -2.36. The van der Waals surface area contributed by atoms with Crippen molar-refractivity contribution in [2.24, 2.45) is 10.7 Å². The number of aliphatic imine (C=N–C) groups is 1. The van der Waals surface area contributed by atoms with Gasteiger partial charge in [0.25, 0.3) is 0 Å². The van der Waals surface area contributed by atoms with E-state index in [2.05, 4.69) is 4.99 Å². The molecule has 108 valence electrons. The first kappa shape index (κ1) is 13.8. The molecule has 0 bridgehead atoms. The van der Waals surface area contributed by atoms with Crippen LogP contribution in [0.1, 0.15) is 11.6 Å². The van der Waals surface area contributed by atoms with Gasteiger partial charge < -0.3 is 10.6 Å². The lowest BCUT2D eigenvalue weighted by molar-refractivity contribution is 0.589. The maximum absolute atomic E-state index is 14.1. The molecule has 0 amide bonds. The Hall–Kier alpha value is -2.14. The van der Waals surface area contributed by atoms with Crippen LogP contribution >= 0.6 is 11.6 Å². The standard InChI is InChI=1S/C15H12ClF2N3/c16-9-1-6-12(13(18)7-9)14-8-20-15(19)21(14)11-4-2-10(17)3-5-11/h1-7,14H,8H2,(H2,19,20). The van der Waals surface area contributed by atoms with Crippen molar-refractivity contribution in [3.63, 3.8) is 0 Å². The van der Waals surface area contributed by atoms with Crippen LogP contribution in [0, 0.1) is 11.6 Å². The molecule has 6 heteroatoms. The fraction of sp³-hybridized carbons (Fsp3) is 0.133. The number of guanidine groups is 1. The molecule has 2 N–H and O–H groups in total. The van der Waals surface area contributed by atoms with Gasteiger partial charge in [-0.15, -0.1) is 0 Å². The average molecular weight is 308 g/mol. The lowest BCUT2D eigenvalue weighted by atomic mass is 10.0. The first-order valence-corrected chi connectivity index (χ1v) is 6.74. The number of hydrogen-bond donors (Lipinski definition) is 1. The summed E-state index contributed by atoms with van der Waals surface area (Å²) in [5.41, 5.74) is 7.00. The molecule has 0 aromatic heterocycles. The second-order valence-electron chi connectivity index (χ2n) is 4.73. The molecule has 1 heterocycles. The topological polar surface area (TPSA) is 41.6 Å². The Bertz CT molecular complexity index is 701. The second-order valence-corrected chi connectivity index (χ2v) is 5.16. The number of nitrogens with two attached hydrogens (primary N) is 1. The molecule has 21 heavy (non-hydrogen) atoms. The van der Waals surface area contributed by atoms with Crippen molar-refractivity contribution in [1.82, 2.24) is 0 Å². The van der Waals surface area contributed by atoms with E-state index in [-0.39, 0.29) is 17.8 Å². The minimum absolute atomic E-state index is 0.279. The summed E-state index contributed by atoms with van der Waals surface area (Å²) in [4.78, 5) is 5.85. The van der Waals surface area contributed by atoms with E-state index in [4.69, 9.17) is 17.3 Å². The molecule has 2 aromatic rings. The normalized spacial score (nSPS) is 18.0. The lowest BCUT2D eigenvalue weighted by Gasteiger charge is -2.27. The fourth-order valence-corrected chi connectivity index (χ4v) is 2.58. The summed E-state index contributed by atoms with van der Waals surface area (Å²) in [7, 11) is 0. The van der Waals surface area contributed by atoms with Crippen LogP contribution in [0.3, 0.4) is 0 Å². The maximum atomic E-state index is 14.1. The third kappa shape index (κ3) is 2.56. The zero-order valence-electron chi connectivity index (χ0n) is 10.9. The highest BCUT2D eigenvalue weighted by molar-refractivity contribution is 6.30. The molecule has 0 spiro atoms. The Morgan fingerprint density at radius 3 is 2.52 bits per heavy atom. The van der Waals surface area contributed by atoms with Crippen molar-refractivity contribution in [3.8, 4) is 0 Å². The summed E-state index contributed by atoms with van der Waals surface area (Å²) >= 11 is 5.77. The molecule has 3 nitrogen and oxygen atoms in total. The van der Waals surface area contributed by atoms with E-state index >= 15 is 0 Å². The van der Waals surface area contributed by atoms with E-state index in [0.29, 0.717) is 22.8 Å². The Balaban J connectivity index is 2.00. The van der Waals surface area contributed by atoms with Crippen LogP contribution in [0.4, 0.5) is 14.5 Å². The van der Waals surface area contributed by atoms with Crippen molar-refractivity contribution in [2.75, 3.05) is 11.4 Å². The molecule has 1 aliphatic rings. The van der Waals surface area contributed by atoms with Crippen molar-refractivity contribution < 1.29 is 8.78 Å². The van der Waals surface area contributed by atoms with Gasteiger partial charge in [-0.25, -0.2) is 8.78 Å². The molecular weight excluding hydrogens is 296 g/mol. The van der Waals surface area contributed by atoms with Crippen molar-refractivity contribution in [2.45, 2.75) is 6.04 Å². The van der Waals surface area contributed by atoms with Gasteiger partial charge in [0.1, 0.15) is 11.6 Å². The number of nitrogens with zero attached hydrogens (tertiary/aromatic N) is 2. The maximum Gasteiger partial charge on any atom is 0.196 e. The zero-order valence-corrected chi connectivity index (χ0v) is 11.7. The van der Waals surface area contributed by atoms with E-state index in [1.807, 2.05) is 0 Å². The van der Waals surface area contributed by atoms with Gasteiger partial charge in [-0.2, -0.15) is 0 Å². The highest BCUT2D eigenvalue weighted by Crippen LogP contribution is 2.33. The summed E-state index contributed by atoms with van der Waals surface area (Å²) in [6.45, 7) is 0.335. The summed E-state index contributed by atoms with van der Waals surface area (Å²) < 4.78 is 27.2. The number of benzene rings is 2. The summed E-state index contributed by atoms with van der Waals surface area (Å²) in [5.74, 6) is -0.479. The predicted molar refractivity (Wildman–Crippen MR) is 79.5 cm³/mol. The van der Waals surface area contributed by atoms with E-state index < -0.39 is 5.82 Å². The highest BCUT2D eigenvalue weighted by atomic mass is 35.5. The average Bonchev–Trinajstić information content (AvgIpc) is 2.82. The predicted octanol–water partition coefficient (Wildman–Crippen LogP) is 3.49. The summed E-state index contributed by atoms with van der Waals surface area (Å²) in [5, 5.41) is 0.330.